The van der Waals surface area contributed by atoms with Crippen LogP contribution in [0.1, 0.15) is 5.69 Å². The first kappa shape index (κ1) is 8.60. The fourth-order valence-electron chi connectivity index (χ4n) is 0.825. The molecule has 0 aliphatic rings. The lowest BCUT2D eigenvalue weighted by molar-refractivity contribution is 1.05. The van der Waals surface area contributed by atoms with Crippen LogP contribution in [0.25, 0.3) is 0 Å². The summed E-state index contributed by atoms with van der Waals surface area (Å²) in [7, 11) is 0. The van der Waals surface area contributed by atoms with E-state index in [4.69, 9.17) is 0 Å². The number of aromatic nitrogens is 1. The van der Waals surface area contributed by atoms with Gasteiger partial charge in [0.25, 0.3) is 0 Å². The van der Waals surface area contributed by atoms with Crippen LogP contribution in [0.2, 0.25) is 0 Å². The third-order valence-electron chi connectivity index (χ3n) is 1.37. The molecule has 0 N–H and O–H groups in total. The van der Waals surface area contributed by atoms with Crippen LogP contribution in [-0.4, -0.2) is 16.5 Å². The monoisotopic (exact) mass is 166 g/mol. The minimum Gasteiger partial charge on any atom is -0.261 e. The van der Waals surface area contributed by atoms with Gasteiger partial charge in [-0.3, -0.25) is 4.98 Å². The SMILES string of the molecule is [CH2]CSCCc1ccccn1. The van der Waals surface area contributed by atoms with Crippen molar-refractivity contribution in [1.82, 2.24) is 4.98 Å². The van der Waals surface area contributed by atoms with Crippen LogP contribution in [0.3, 0.4) is 0 Å². The van der Waals surface area contributed by atoms with Crippen molar-refractivity contribution in [1.29, 1.82) is 0 Å². The summed E-state index contributed by atoms with van der Waals surface area (Å²) in [6.45, 7) is 3.76. The predicted molar refractivity (Wildman–Crippen MR) is 50.6 cm³/mol. The van der Waals surface area contributed by atoms with E-state index >= 15 is 0 Å². The second-order valence-corrected chi connectivity index (χ2v) is 3.41. The molecule has 0 bridgehead atoms. The van der Waals surface area contributed by atoms with Crippen molar-refractivity contribution in [2.75, 3.05) is 11.5 Å². The first-order chi connectivity index (χ1) is 5.43. The summed E-state index contributed by atoms with van der Waals surface area (Å²) in [6.07, 6.45) is 2.89. The normalized spacial score (nSPS) is 9.91. The molecule has 2 heteroatoms. The Bertz CT molecular complexity index is 186. The number of aryl methyl sites for hydroxylation is 1. The maximum Gasteiger partial charge on any atom is 0.0411 e. The maximum atomic E-state index is 4.22. The van der Waals surface area contributed by atoms with Crippen LogP contribution in [-0.2, 0) is 6.42 Å². The number of nitrogens with zero attached hydrogens (tertiary/aromatic N) is 1. The number of hydrogen-bond acceptors (Lipinski definition) is 2. The average Bonchev–Trinajstić information content (AvgIpc) is 2.07. The van der Waals surface area contributed by atoms with E-state index in [1.54, 1.807) is 0 Å². The minimum absolute atomic E-state index is 0.951. The van der Waals surface area contributed by atoms with Gasteiger partial charge in [0.15, 0.2) is 0 Å². The summed E-state index contributed by atoms with van der Waals surface area (Å²) in [5, 5.41) is 0. The van der Waals surface area contributed by atoms with Gasteiger partial charge >= 0.3 is 0 Å². The molecule has 0 atom stereocenters. The standard InChI is InChI=1S/C9H12NS/c1-2-11-8-6-9-5-3-4-7-10-9/h3-5,7H,1-2,6,8H2. The Balaban J connectivity index is 2.28. The summed E-state index contributed by atoms with van der Waals surface area (Å²) < 4.78 is 0. The molecule has 0 saturated carbocycles. The van der Waals surface area contributed by atoms with Crippen molar-refractivity contribution in [2.45, 2.75) is 6.42 Å². The molecule has 1 radical (unpaired) electrons. The topological polar surface area (TPSA) is 12.9 Å². The molecule has 0 saturated heterocycles. The van der Waals surface area contributed by atoms with Gasteiger partial charge in [-0.2, -0.15) is 11.8 Å². The molecule has 0 unspecified atom stereocenters. The van der Waals surface area contributed by atoms with Crippen molar-refractivity contribution >= 4 is 11.8 Å². The zero-order chi connectivity index (χ0) is 7.94. The van der Waals surface area contributed by atoms with Gasteiger partial charge in [0.2, 0.25) is 0 Å². The molecule has 1 aromatic rings. The van der Waals surface area contributed by atoms with E-state index < -0.39 is 0 Å². The van der Waals surface area contributed by atoms with Gasteiger partial charge < -0.3 is 0 Å². The van der Waals surface area contributed by atoms with E-state index in [1.807, 2.05) is 30.1 Å². The van der Waals surface area contributed by atoms with E-state index in [-0.39, 0.29) is 0 Å². The van der Waals surface area contributed by atoms with E-state index in [0.29, 0.717) is 0 Å². The molecule has 0 amide bonds. The van der Waals surface area contributed by atoms with Gasteiger partial charge in [-0.25, -0.2) is 0 Å². The van der Waals surface area contributed by atoms with Crippen LogP contribution in [0.5, 0.6) is 0 Å². The highest BCUT2D eigenvalue weighted by atomic mass is 32.2. The molecular weight excluding hydrogens is 154 g/mol. The fourth-order valence-corrected chi connectivity index (χ4v) is 1.38. The third-order valence-corrected chi connectivity index (χ3v) is 2.15. The van der Waals surface area contributed by atoms with Crippen molar-refractivity contribution in [3.8, 4) is 0 Å². The lowest BCUT2D eigenvalue weighted by Crippen LogP contribution is -1.91. The first-order valence-corrected chi connectivity index (χ1v) is 4.86. The Hall–Kier alpha value is -0.500. The summed E-state index contributed by atoms with van der Waals surface area (Å²) in [4.78, 5) is 4.22. The van der Waals surface area contributed by atoms with Gasteiger partial charge in [-0.1, -0.05) is 6.07 Å². The fraction of sp³-hybridized carbons (Fsp3) is 0.333. The number of thioether (sulfide) groups is 1. The minimum atomic E-state index is 0.951. The van der Waals surface area contributed by atoms with Gasteiger partial charge in [0, 0.05) is 11.9 Å². The summed E-state index contributed by atoms with van der Waals surface area (Å²) in [5.41, 5.74) is 1.17. The lowest BCUT2D eigenvalue weighted by atomic mass is 10.3. The molecule has 0 aliphatic heterocycles. The molecule has 1 nitrogen and oxygen atoms in total. The number of hydrogen-bond donors (Lipinski definition) is 0. The van der Waals surface area contributed by atoms with Gasteiger partial charge in [0.05, 0.1) is 0 Å². The van der Waals surface area contributed by atoms with E-state index in [2.05, 4.69) is 18.0 Å². The lowest BCUT2D eigenvalue weighted by Gasteiger charge is -1.97. The summed E-state index contributed by atoms with van der Waals surface area (Å²) in [6, 6.07) is 6.03. The highest BCUT2D eigenvalue weighted by molar-refractivity contribution is 7.99. The van der Waals surface area contributed by atoms with Crippen molar-refractivity contribution in [2.24, 2.45) is 0 Å². The van der Waals surface area contributed by atoms with Crippen LogP contribution < -0.4 is 0 Å². The molecule has 0 spiro atoms. The molecule has 1 heterocycles. The summed E-state index contributed by atoms with van der Waals surface area (Å²) >= 11 is 1.85. The largest absolute Gasteiger partial charge is 0.261 e. The zero-order valence-electron chi connectivity index (χ0n) is 6.49. The second kappa shape index (κ2) is 5.19. The molecule has 1 rings (SSSR count). The second-order valence-electron chi connectivity index (χ2n) is 2.18. The van der Waals surface area contributed by atoms with Crippen LogP contribution in [0, 0.1) is 6.92 Å². The van der Waals surface area contributed by atoms with Crippen LogP contribution >= 0.6 is 11.8 Å². The highest BCUT2D eigenvalue weighted by Crippen LogP contribution is 2.02. The molecule has 59 valence electrons. The number of rotatable bonds is 4. The first-order valence-electron chi connectivity index (χ1n) is 3.70. The average molecular weight is 166 g/mol. The third kappa shape index (κ3) is 3.42. The van der Waals surface area contributed by atoms with E-state index in [9.17, 15) is 0 Å². The summed E-state index contributed by atoms with van der Waals surface area (Å²) in [5.74, 6) is 2.08. The molecule has 11 heavy (non-hydrogen) atoms. The van der Waals surface area contributed by atoms with E-state index in [0.717, 1.165) is 17.9 Å². The van der Waals surface area contributed by atoms with Crippen molar-refractivity contribution < 1.29 is 0 Å². The van der Waals surface area contributed by atoms with E-state index in [1.165, 1.54) is 5.69 Å². The Kier molecular flexibility index (Phi) is 4.06. The maximum absolute atomic E-state index is 4.22. The van der Waals surface area contributed by atoms with Crippen LogP contribution in [0.4, 0.5) is 0 Å². The molecule has 0 aromatic carbocycles. The molecular formula is C9H12NS. The van der Waals surface area contributed by atoms with Gasteiger partial charge in [-0.15, -0.1) is 0 Å². The Morgan fingerprint density at radius 2 is 2.36 bits per heavy atom. The highest BCUT2D eigenvalue weighted by Gasteiger charge is 1.90. The molecule has 1 aromatic heterocycles. The van der Waals surface area contributed by atoms with Gasteiger partial charge in [-0.05, 0) is 37.0 Å². The smallest absolute Gasteiger partial charge is 0.0411 e. The zero-order valence-corrected chi connectivity index (χ0v) is 7.31. The number of pyridine rings is 1. The molecule has 0 fully saturated rings. The Labute approximate surface area is 72.2 Å². The van der Waals surface area contributed by atoms with Crippen molar-refractivity contribution in [3.05, 3.63) is 37.0 Å². The van der Waals surface area contributed by atoms with Crippen LogP contribution in [0.15, 0.2) is 24.4 Å². The van der Waals surface area contributed by atoms with Gasteiger partial charge in [0.1, 0.15) is 0 Å². The Morgan fingerprint density at radius 3 is 3.00 bits per heavy atom. The quantitative estimate of drug-likeness (QED) is 0.636. The predicted octanol–water partition coefficient (Wildman–Crippen LogP) is 2.19. The molecule has 0 aliphatic carbocycles. The Morgan fingerprint density at radius 1 is 1.45 bits per heavy atom. The van der Waals surface area contributed by atoms with Crippen molar-refractivity contribution in [3.63, 3.8) is 0 Å².